The normalized spacial score (nSPS) is 16.4. The molecule has 126 valence electrons. The van der Waals surface area contributed by atoms with E-state index in [1.54, 1.807) is 14.1 Å². The maximum absolute atomic E-state index is 11.8. The van der Waals surface area contributed by atoms with Crippen LogP contribution in [0.25, 0.3) is 0 Å². The number of rotatable bonds is 5. The summed E-state index contributed by atoms with van der Waals surface area (Å²) in [7, 11) is 3.44. The standard InChI is InChI=1S/C15H28N4O3/c1-5-16-15(17-11-13(20)18(3)4)19-9-7-12(8-10-19)14(21)22-6-2/h12H,5-11H2,1-4H3,(H,16,17). The van der Waals surface area contributed by atoms with Crippen molar-refractivity contribution in [2.75, 3.05) is 46.9 Å². The molecule has 0 bridgehead atoms. The highest BCUT2D eigenvalue weighted by Crippen LogP contribution is 2.18. The Bertz CT molecular complexity index is 402. The van der Waals surface area contributed by atoms with Crippen molar-refractivity contribution in [3.05, 3.63) is 0 Å². The Labute approximate surface area is 132 Å². The molecular formula is C15H28N4O3. The van der Waals surface area contributed by atoms with E-state index in [0.29, 0.717) is 6.61 Å². The summed E-state index contributed by atoms with van der Waals surface area (Å²) in [5, 5.41) is 3.20. The number of carbonyl (C=O) groups is 2. The van der Waals surface area contributed by atoms with Gasteiger partial charge in [-0.15, -0.1) is 0 Å². The molecule has 1 amide bonds. The number of likely N-dealkylation sites (tertiary alicyclic amines) is 1. The van der Waals surface area contributed by atoms with Gasteiger partial charge in [0.1, 0.15) is 6.54 Å². The van der Waals surface area contributed by atoms with Gasteiger partial charge < -0.3 is 19.9 Å². The fourth-order valence-electron chi connectivity index (χ4n) is 2.30. The van der Waals surface area contributed by atoms with Crippen LogP contribution >= 0.6 is 0 Å². The smallest absolute Gasteiger partial charge is 0.309 e. The second-order valence-electron chi connectivity index (χ2n) is 5.47. The molecule has 1 rings (SSSR count). The molecule has 22 heavy (non-hydrogen) atoms. The number of piperidine rings is 1. The minimum Gasteiger partial charge on any atom is -0.466 e. The molecule has 0 spiro atoms. The van der Waals surface area contributed by atoms with Gasteiger partial charge in [0.25, 0.3) is 0 Å². The number of likely N-dealkylation sites (N-methyl/N-ethyl adjacent to an activating group) is 1. The first kappa shape index (κ1) is 18.3. The first-order valence-electron chi connectivity index (χ1n) is 7.89. The van der Waals surface area contributed by atoms with E-state index in [-0.39, 0.29) is 24.3 Å². The molecule has 1 fully saturated rings. The molecule has 0 aromatic rings. The maximum atomic E-state index is 11.8. The summed E-state index contributed by atoms with van der Waals surface area (Å²) in [6, 6.07) is 0. The molecule has 1 saturated heterocycles. The molecule has 0 atom stereocenters. The minimum absolute atomic E-state index is 0.0255. The molecule has 1 aliphatic rings. The molecule has 7 heteroatoms. The number of amides is 1. The fourth-order valence-corrected chi connectivity index (χ4v) is 2.30. The van der Waals surface area contributed by atoms with Crippen molar-refractivity contribution in [1.29, 1.82) is 0 Å². The number of guanidine groups is 1. The molecule has 1 heterocycles. The van der Waals surface area contributed by atoms with Crippen molar-refractivity contribution >= 4 is 17.8 Å². The Balaban J connectivity index is 2.58. The van der Waals surface area contributed by atoms with E-state index in [2.05, 4.69) is 15.2 Å². The second kappa shape index (κ2) is 9.27. The van der Waals surface area contributed by atoms with Crippen LogP contribution in [0.4, 0.5) is 0 Å². The Hall–Kier alpha value is -1.79. The van der Waals surface area contributed by atoms with Crippen LogP contribution in [-0.2, 0) is 14.3 Å². The topological polar surface area (TPSA) is 74.2 Å². The summed E-state index contributed by atoms with van der Waals surface area (Å²) < 4.78 is 5.08. The quantitative estimate of drug-likeness (QED) is 0.449. The lowest BCUT2D eigenvalue weighted by molar-refractivity contribution is -0.149. The molecule has 1 aliphatic heterocycles. The van der Waals surface area contributed by atoms with Crippen molar-refractivity contribution in [2.24, 2.45) is 10.9 Å². The van der Waals surface area contributed by atoms with Crippen LogP contribution in [0.3, 0.4) is 0 Å². The van der Waals surface area contributed by atoms with E-state index in [0.717, 1.165) is 38.4 Å². The number of esters is 1. The molecule has 1 N–H and O–H groups in total. The Morgan fingerprint density at radius 2 is 1.91 bits per heavy atom. The van der Waals surface area contributed by atoms with Gasteiger partial charge in [-0.1, -0.05) is 0 Å². The van der Waals surface area contributed by atoms with Gasteiger partial charge in [-0.3, -0.25) is 9.59 Å². The zero-order valence-corrected chi connectivity index (χ0v) is 14.1. The van der Waals surface area contributed by atoms with Crippen LogP contribution in [0.15, 0.2) is 4.99 Å². The third-order valence-electron chi connectivity index (χ3n) is 3.61. The van der Waals surface area contributed by atoms with E-state index in [4.69, 9.17) is 4.74 Å². The summed E-state index contributed by atoms with van der Waals surface area (Å²) in [6.45, 7) is 6.60. The fraction of sp³-hybridized carbons (Fsp3) is 0.800. The molecule has 0 aliphatic carbocycles. The molecular weight excluding hydrogens is 284 g/mol. The number of hydrogen-bond acceptors (Lipinski definition) is 4. The summed E-state index contributed by atoms with van der Waals surface area (Å²) in [6.07, 6.45) is 1.51. The molecule has 7 nitrogen and oxygen atoms in total. The lowest BCUT2D eigenvalue weighted by Gasteiger charge is -2.33. The SMILES string of the molecule is CCNC(=NCC(=O)N(C)C)N1CCC(C(=O)OCC)CC1. The summed E-state index contributed by atoms with van der Waals surface area (Å²) in [4.78, 5) is 31.4. The molecule has 0 unspecified atom stereocenters. The summed E-state index contributed by atoms with van der Waals surface area (Å²) in [5.41, 5.74) is 0. The van der Waals surface area contributed by atoms with E-state index in [1.807, 2.05) is 13.8 Å². The Morgan fingerprint density at radius 3 is 2.41 bits per heavy atom. The van der Waals surface area contributed by atoms with Crippen molar-refractivity contribution in [3.8, 4) is 0 Å². The zero-order chi connectivity index (χ0) is 16.5. The highest BCUT2D eigenvalue weighted by atomic mass is 16.5. The van der Waals surface area contributed by atoms with E-state index < -0.39 is 0 Å². The van der Waals surface area contributed by atoms with Gasteiger partial charge in [-0.25, -0.2) is 4.99 Å². The largest absolute Gasteiger partial charge is 0.466 e. The highest BCUT2D eigenvalue weighted by Gasteiger charge is 2.27. The predicted octanol–water partition coefficient (Wildman–Crippen LogP) is 0.315. The summed E-state index contributed by atoms with van der Waals surface area (Å²) in [5.74, 6) is 0.575. The Kier molecular flexibility index (Phi) is 7.70. The van der Waals surface area contributed by atoms with Gasteiger partial charge in [-0.2, -0.15) is 0 Å². The summed E-state index contributed by atoms with van der Waals surface area (Å²) >= 11 is 0. The monoisotopic (exact) mass is 312 g/mol. The van der Waals surface area contributed by atoms with Crippen LogP contribution in [-0.4, -0.2) is 74.5 Å². The van der Waals surface area contributed by atoms with Crippen molar-refractivity contribution in [1.82, 2.24) is 15.1 Å². The van der Waals surface area contributed by atoms with Gasteiger partial charge in [0.05, 0.1) is 12.5 Å². The van der Waals surface area contributed by atoms with E-state index >= 15 is 0 Å². The number of ether oxygens (including phenoxy) is 1. The second-order valence-corrected chi connectivity index (χ2v) is 5.47. The average Bonchev–Trinajstić information content (AvgIpc) is 2.51. The first-order chi connectivity index (χ1) is 10.5. The van der Waals surface area contributed by atoms with Gasteiger partial charge in [0, 0.05) is 33.7 Å². The van der Waals surface area contributed by atoms with E-state index in [1.165, 1.54) is 4.90 Å². The minimum atomic E-state index is -0.105. The molecule has 0 aromatic heterocycles. The Morgan fingerprint density at radius 1 is 1.27 bits per heavy atom. The first-order valence-corrected chi connectivity index (χ1v) is 7.89. The lowest BCUT2D eigenvalue weighted by Crippen LogP contribution is -2.47. The number of hydrogen-bond donors (Lipinski definition) is 1. The third-order valence-corrected chi connectivity index (χ3v) is 3.61. The highest BCUT2D eigenvalue weighted by molar-refractivity contribution is 5.85. The number of nitrogens with one attached hydrogen (secondary N) is 1. The van der Waals surface area contributed by atoms with Crippen LogP contribution in [0.1, 0.15) is 26.7 Å². The predicted molar refractivity (Wildman–Crippen MR) is 85.6 cm³/mol. The lowest BCUT2D eigenvalue weighted by atomic mass is 9.97. The maximum Gasteiger partial charge on any atom is 0.309 e. The van der Waals surface area contributed by atoms with Crippen LogP contribution < -0.4 is 5.32 Å². The van der Waals surface area contributed by atoms with Crippen molar-refractivity contribution in [3.63, 3.8) is 0 Å². The number of aliphatic imine (C=N–C) groups is 1. The van der Waals surface area contributed by atoms with Crippen LogP contribution in [0.5, 0.6) is 0 Å². The molecule has 0 aromatic carbocycles. The number of nitrogens with zero attached hydrogens (tertiary/aromatic N) is 3. The van der Waals surface area contributed by atoms with Crippen LogP contribution in [0, 0.1) is 5.92 Å². The van der Waals surface area contributed by atoms with Gasteiger partial charge >= 0.3 is 5.97 Å². The van der Waals surface area contributed by atoms with Gasteiger partial charge in [0.15, 0.2) is 5.96 Å². The van der Waals surface area contributed by atoms with E-state index in [9.17, 15) is 9.59 Å². The van der Waals surface area contributed by atoms with Crippen molar-refractivity contribution in [2.45, 2.75) is 26.7 Å². The number of carbonyl (C=O) groups excluding carboxylic acids is 2. The molecule has 0 saturated carbocycles. The zero-order valence-electron chi connectivity index (χ0n) is 14.1. The van der Waals surface area contributed by atoms with Gasteiger partial charge in [-0.05, 0) is 26.7 Å². The van der Waals surface area contributed by atoms with Crippen LogP contribution in [0.2, 0.25) is 0 Å². The average molecular weight is 312 g/mol. The molecule has 0 radical (unpaired) electrons. The van der Waals surface area contributed by atoms with Gasteiger partial charge in [0.2, 0.25) is 5.91 Å². The van der Waals surface area contributed by atoms with Crippen molar-refractivity contribution < 1.29 is 14.3 Å². The third kappa shape index (κ3) is 5.54.